The van der Waals surface area contributed by atoms with Gasteiger partial charge in [-0.2, -0.15) is 0 Å². The van der Waals surface area contributed by atoms with Crippen LogP contribution in [0.25, 0.3) is 0 Å². The molecule has 2 aromatic rings. The molecule has 0 aromatic carbocycles. The lowest BCUT2D eigenvalue weighted by Crippen LogP contribution is -2.14. The molecule has 1 N–H and O–H groups in total. The lowest BCUT2D eigenvalue weighted by Gasteiger charge is -2.05. The summed E-state index contributed by atoms with van der Waals surface area (Å²) in [6.45, 7) is 3.40. The highest BCUT2D eigenvalue weighted by molar-refractivity contribution is 9.10. The Hall–Kier alpha value is -1.33. The molecule has 2 rings (SSSR count). The van der Waals surface area contributed by atoms with Gasteiger partial charge in [0.1, 0.15) is 5.82 Å². The van der Waals surface area contributed by atoms with Crippen molar-refractivity contribution >= 4 is 15.9 Å². The van der Waals surface area contributed by atoms with Crippen LogP contribution in [-0.2, 0) is 13.1 Å². The summed E-state index contributed by atoms with van der Waals surface area (Å²) in [6.07, 6.45) is 5.40. The van der Waals surface area contributed by atoms with E-state index >= 15 is 0 Å². The maximum absolute atomic E-state index is 4.32. The summed E-state index contributed by atoms with van der Waals surface area (Å²) in [5.74, 6) is 0.799. The lowest BCUT2D eigenvalue weighted by atomic mass is 10.3. The van der Waals surface area contributed by atoms with E-state index in [2.05, 4.69) is 36.2 Å². The average Bonchev–Trinajstić information content (AvgIpc) is 2.29. The first-order chi connectivity index (χ1) is 8.24. The quantitative estimate of drug-likeness (QED) is 0.939. The fraction of sp³-hybridized carbons (Fsp3) is 0.250. The summed E-state index contributed by atoms with van der Waals surface area (Å²) in [5.41, 5.74) is 2.14. The molecule has 0 unspecified atom stereocenters. The molecule has 0 atom stereocenters. The Morgan fingerprint density at radius 1 is 1.29 bits per heavy atom. The van der Waals surface area contributed by atoms with Gasteiger partial charge in [0.25, 0.3) is 0 Å². The van der Waals surface area contributed by atoms with E-state index in [-0.39, 0.29) is 0 Å². The molecule has 0 amide bonds. The maximum atomic E-state index is 4.32. The van der Waals surface area contributed by atoms with Crippen LogP contribution in [0.1, 0.15) is 17.1 Å². The average molecular weight is 293 g/mol. The van der Waals surface area contributed by atoms with Crippen LogP contribution >= 0.6 is 15.9 Å². The smallest absolute Gasteiger partial charge is 0.125 e. The number of hydrogen-bond donors (Lipinski definition) is 1. The second-order valence-electron chi connectivity index (χ2n) is 3.71. The van der Waals surface area contributed by atoms with Crippen LogP contribution in [0.15, 0.2) is 35.2 Å². The number of nitrogens with one attached hydrogen (secondary N) is 1. The Balaban J connectivity index is 1.87. The molecule has 0 aliphatic heterocycles. The second-order valence-corrected chi connectivity index (χ2v) is 4.63. The fourth-order valence-corrected chi connectivity index (χ4v) is 1.90. The van der Waals surface area contributed by atoms with E-state index in [1.165, 1.54) is 0 Å². The number of aromatic nitrogens is 3. The predicted molar refractivity (Wildman–Crippen MR) is 69.2 cm³/mol. The van der Waals surface area contributed by atoms with Gasteiger partial charge in [-0.3, -0.25) is 4.98 Å². The monoisotopic (exact) mass is 292 g/mol. The molecule has 0 radical (unpaired) electrons. The highest BCUT2D eigenvalue weighted by atomic mass is 79.9. The molecule has 2 aromatic heterocycles. The van der Waals surface area contributed by atoms with E-state index in [4.69, 9.17) is 0 Å². The molecule has 0 spiro atoms. The van der Waals surface area contributed by atoms with Crippen LogP contribution in [0.5, 0.6) is 0 Å². The van der Waals surface area contributed by atoms with Crippen molar-refractivity contribution in [3.63, 3.8) is 0 Å². The topological polar surface area (TPSA) is 50.7 Å². The first-order valence-corrected chi connectivity index (χ1v) is 6.12. The molecule has 0 saturated carbocycles. The Morgan fingerprint density at radius 3 is 2.94 bits per heavy atom. The summed E-state index contributed by atoms with van der Waals surface area (Å²) in [5, 5.41) is 3.32. The largest absolute Gasteiger partial charge is 0.307 e. The highest BCUT2D eigenvalue weighted by Crippen LogP contribution is 2.09. The molecular weight excluding hydrogens is 280 g/mol. The van der Waals surface area contributed by atoms with E-state index in [9.17, 15) is 0 Å². The molecule has 2 heterocycles. The summed E-state index contributed by atoms with van der Waals surface area (Å²) in [6, 6.07) is 3.96. The van der Waals surface area contributed by atoms with Crippen LogP contribution in [-0.4, -0.2) is 15.0 Å². The van der Waals surface area contributed by atoms with E-state index in [1.807, 2.05) is 25.3 Å². The van der Waals surface area contributed by atoms with Gasteiger partial charge in [0.15, 0.2) is 0 Å². The standard InChI is InChI=1S/C12H13BrN4/c1-9-16-3-2-12(17-9)8-15-6-10-4-11(13)7-14-5-10/h2-5,7,15H,6,8H2,1H3. The molecule has 0 aliphatic rings. The lowest BCUT2D eigenvalue weighted by molar-refractivity contribution is 0.673. The van der Waals surface area contributed by atoms with Gasteiger partial charge in [0.05, 0.1) is 5.69 Å². The minimum absolute atomic E-state index is 0.732. The Bertz CT molecular complexity index is 456. The third-order valence-electron chi connectivity index (χ3n) is 2.23. The van der Waals surface area contributed by atoms with Crippen molar-refractivity contribution < 1.29 is 0 Å². The zero-order valence-electron chi connectivity index (χ0n) is 9.52. The minimum atomic E-state index is 0.732. The molecule has 88 valence electrons. The third kappa shape index (κ3) is 3.87. The molecule has 17 heavy (non-hydrogen) atoms. The first-order valence-electron chi connectivity index (χ1n) is 5.33. The number of pyridine rings is 1. The Kier molecular flexibility index (Phi) is 4.17. The number of hydrogen-bond acceptors (Lipinski definition) is 4. The molecule has 0 aliphatic carbocycles. The van der Waals surface area contributed by atoms with Crippen molar-refractivity contribution in [2.75, 3.05) is 0 Å². The first kappa shape index (κ1) is 12.1. The van der Waals surface area contributed by atoms with Crippen molar-refractivity contribution in [1.29, 1.82) is 0 Å². The van der Waals surface area contributed by atoms with Crippen molar-refractivity contribution in [2.45, 2.75) is 20.0 Å². The summed E-state index contributed by atoms with van der Waals surface area (Å²) >= 11 is 3.40. The van der Waals surface area contributed by atoms with Crippen LogP contribution in [0.2, 0.25) is 0 Å². The molecule has 4 nitrogen and oxygen atoms in total. The van der Waals surface area contributed by atoms with E-state index in [0.29, 0.717) is 0 Å². The molecule has 0 fully saturated rings. The van der Waals surface area contributed by atoms with Crippen LogP contribution in [0, 0.1) is 6.92 Å². The minimum Gasteiger partial charge on any atom is -0.307 e. The van der Waals surface area contributed by atoms with Gasteiger partial charge in [-0.25, -0.2) is 9.97 Å². The predicted octanol–water partition coefficient (Wildman–Crippen LogP) is 2.23. The summed E-state index contributed by atoms with van der Waals surface area (Å²) in [4.78, 5) is 12.5. The van der Waals surface area contributed by atoms with Crippen molar-refractivity contribution in [2.24, 2.45) is 0 Å². The van der Waals surface area contributed by atoms with Gasteiger partial charge >= 0.3 is 0 Å². The normalized spacial score (nSPS) is 10.5. The molecule has 5 heteroatoms. The van der Waals surface area contributed by atoms with Crippen LogP contribution in [0.4, 0.5) is 0 Å². The fourth-order valence-electron chi connectivity index (χ4n) is 1.49. The van der Waals surface area contributed by atoms with E-state index in [0.717, 1.165) is 34.6 Å². The Morgan fingerprint density at radius 2 is 2.18 bits per heavy atom. The van der Waals surface area contributed by atoms with Crippen molar-refractivity contribution in [3.8, 4) is 0 Å². The SMILES string of the molecule is Cc1nccc(CNCc2cncc(Br)c2)n1. The Labute approximate surface area is 109 Å². The van der Waals surface area contributed by atoms with Gasteiger partial charge in [-0.15, -0.1) is 0 Å². The summed E-state index contributed by atoms with van der Waals surface area (Å²) in [7, 11) is 0. The second kappa shape index (κ2) is 5.84. The number of halogens is 1. The molecular formula is C12H13BrN4. The van der Waals surface area contributed by atoms with Gasteiger partial charge in [-0.05, 0) is 40.5 Å². The zero-order valence-corrected chi connectivity index (χ0v) is 11.1. The highest BCUT2D eigenvalue weighted by Gasteiger charge is 1.97. The molecule has 0 bridgehead atoms. The third-order valence-corrected chi connectivity index (χ3v) is 2.66. The zero-order chi connectivity index (χ0) is 12.1. The van der Waals surface area contributed by atoms with E-state index in [1.54, 1.807) is 12.4 Å². The van der Waals surface area contributed by atoms with Gasteiger partial charge in [0, 0.05) is 36.2 Å². The van der Waals surface area contributed by atoms with Crippen molar-refractivity contribution in [1.82, 2.24) is 20.3 Å². The van der Waals surface area contributed by atoms with E-state index < -0.39 is 0 Å². The number of nitrogens with zero attached hydrogens (tertiary/aromatic N) is 3. The maximum Gasteiger partial charge on any atom is 0.125 e. The van der Waals surface area contributed by atoms with Gasteiger partial charge < -0.3 is 5.32 Å². The molecule has 0 saturated heterocycles. The van der Waals surface area contributed by atoms with Crippen molar-refractivity contribution in [3.05, 3.63) is 52.3 Å². The van der Waals surface area contributed by atoms with Crippen LogP contribution in [0.3, 0.4) is 0 Å². The number of aryl methyl sites for hydroxylation is 1. The van der Waals surface area contributed by atoms with Gasteiger partial charge in [0.2, 0.25) is 0 Å². The summed E-state index contributed by atoms with van der Waals surface area (Å²) < 4.78 is 0.995. The number of rotatable bonds is 4. The van der Waals surface area contributed by atoms with Gasteiger partial charge in [-0.1, -0.05) is 0 Å². The van der Waals surface area contributed by atoms with Crippen LogP contribution < -0.4 is 5.32 Å².